The largest absolute Gasteiger partial charge is 0.497 e. The summed E-state index contributed by atoms with van der Waals surface area (Å²) >= 11 is 0. The molecule has 0 spiro atoms. The molecule has 1 unspecified atom stereocenters. The molecule has 1 aliphatic rings. The van der Waals surface area contributed by atoms with Crippen LogP contribution in [-0.4, -0.2) is 36.4 Å². The summed E-state index contributed by atoms with van der Waals surface area (Å²) in [5, 5.41) is 5.43. The van der Waals surface area contributed by atoms with Crippen molar-refractivity contribution >= 4 is 17.8 Å². The smallest absolute Gasteiger partial charge is 0.325 e. The minimum atomic E-state index is -1.22. The second kappa shape index (κ2) is 7.72. The number of nitrogens with one attached hydrogen (secondary N) is 2. The maximum atomic E-state index is 12.9. The van der Waals surface area contributed by atoms with Gasteiger partial charge >= 0.3 is 6.03 Å². The predicted octanol–water partition coefficient (Wildman–Crippen LogP) is 2.09. The second-order valence-corrected chi connectivity index (χ2v) is 6.94. The summed E-state index contributed by atoms with van der Waals surface area (Å²) in [4.78, 5) is 38.4. The Bertz CT molecular complexity index is 893. The van der Waals surface area contributed by atoms with Crippen molar-refractivity contribution in [3.63, 3.8) is 0 Å². The van der Waals surface area contributed by atoms with Gasteiger partial charge in [-0.1, -0.05) is 42.0 Å². The van der Waals surface area contributed by atoms with Crippen molar-refractivity contribution in [2.45, 2.75) is 25.9 Å². The monoisotopic (exact) mass is 381 g/mol. The second-order valence-electron chi connectivity index (χ2n) is 6.94. The van der Waals surface area contributed by atoms with Crippen LogP contribution in [0.3, 0.4) is 0 Å². The average molecular weight is 381 g/mol. The molecule has 0 radical (unpaired) electrons. The highest BCUT2D eigenvalue weighted by molar-refractivity contribution is 6.09. The highest BCUT2D eigenvalue weighted by Gasteiger charge is 2.49. The molecule has 0 aromatic heterocycles. The molecule has 7 heteroatoms. The molecule has 2 aromatic rings. The van der Waals surface area contributed by atoms with Crippen LogP contribution in [0.1, 0.15) is 23.6 Å². The number of carbonyl (C=O) groups is 3. The van der Waals surface area contributed by atoms with E-state index in [-0.39, 0.29) is 6.54 Å². The molecule has 0 aliphatic carbocycles. The number of benzene rings is 2. The number of rotatable bonds is 6. The third-order valence-electron chi connectivity index (χ3n) is 4.85. The molecule has 2 aromatic carbocycles. The number of nitrogens with zero attached hydrogens (tertiary/aromatic N) is 1. The first-order valence-electron chi connectivity index (χ1n) is 8.94. The number of aryl methyl sites for hydroxylation is 1. The Morgan fingerprint density at radius 2 is 1.75 bits per heavy atom. The number of amides is 4. The molecule has 4 amide bonds. The Labute approximate surface area is 163 Å². The number of carbonyl (C=O) groups excluding carboxylic acids is 3. The minimum Gasteiger partial charge on any atom is -0.497 e. The van der Waals surface area contributed by atoms with Crippen LogP contribution in [0.25, 0.3) is 0 Å². The molecule has 0 bridgehead atoms. The van der Waals surface area contributed by atoms with Crippen molar-refractivity contribution in [1.29, 1.82) is 0 Å². The Morgan fingerprint density at radius 3 is 2.36 bits per heavy atom. The molecule has 3 rings (SSSR count). The quantitative estimate of drug-likeness (QED) is 0.750. The first-order valence-corrected chi connectivity index (χ1v) is 8.94. The highest BCUT2D eigenvalue weighted by Crippen LogP contribution is 2.29. The van der Waals surface area contributed by atoms with E-state index >= 15 is 0 Å². The Kier molecular flexibility index (Phi) is 5.35. The van der Waals surface area contributed by atoms with E-state index < -0.39 is 23.4 Å². The van der Waals surface area contributed by atoms with Crippen molar-refractivity contribution < 1.29 is 19.1 Å². The Morgan fingerprint density at radius 1 is 1.11 bits per heavy atom. The summed E-state index contributed by atoms with van der Waals surface area (Å²) in [5.74, 6) is -0.215. The van der Waals surface area contributed by atoms with E-state index in [1.807, 2.05) is 31.2 Å². The molecular formula is C21H23N3O4. The van der Waals surface area contributed by atoms with Crippen molar-refractivity contribution in [2.24, 2.45) is 0 Å². The third-order valence-corrected chi connectivity index (χ3v) is 4.85. The summed E-state index contributed by atoms with van der Waals surface area (Å²) in [7, 11) is 1.55. The van der Waals surface area contributed by atoms with E-state index in [1.54, 1.807) is 38.3 Å². The fourth-order valence-electron chi connectivity index (χ4n) is 3.07. The van der Waals surface area contributed by atoms with Crippen LogP contribution in [0.15, 0.2) is 48.5 Å². The lowest BCUT2D eigenvalue weighted by Crippen LogP contribution is -2.43. The van der Waals surface area contributed by atoms with E-state index in [9.17, 15) is 14.4 Å². The minimum absolute atomic E-state index is 0.331. The number of urea groups is 1. The predicted molar refractivity (Wildman–Crippen MR) is 104 cm³/mol. The van der Waals surface area contributed by atoms with Gasteiger partial charge in [0, 0.05) is 6.54 Å². The van der Waals surface area contributed by atoms with Gasteiger partial charge in [-0.15, -0.1) is 0 Å². The lowest BCUT2D eigenvalue weighted by molar-refractivity contribution is -0.134. The van der Waals surface area contributed by atoms with Crippen LogP contribution >= 0.6 is 0 Å². The highest BCUT2D eigenvalue weighted by atomic mass is 16.5. The fourth-order valence-corrected chi connectivity index (χ4v) is 3.07. The lowest BCUT2D eigenvalue weighted by Gasteiger charge is -2.22. The zero-order valence-electron chi connectivity index (χ0n) is 16.1. The van der Waals surface area contributed by atoms with Crippen LogP contribution in [0.2, 0.25) is 0 Å². The number of ether oxygens (including phenoxy) is 1. The molecule has 28 heavy (non-hydrogen) atoms. The van der Waals surface area contributed by atoms with Gasteiger partial charge in [0.05, 0.1) is 7.11 Å². The molecule has 1 aliphatic heterocycles. The zero-order chi connectivity index (χ0) is 20.3. The van der Waals surface area contributed by atoms with Gasteiger partial charge < -0.3 is 15.4 Å². The lowest BCUT2D eigenvalue weighted by atomic mass is 9.92. The van der Waals surface area contributed by atoms with Gasteiger partial charge in [-0.25, -0.2) is 4.79 Å². The molecule has 1 heterocycles. The summed E-state index contributed by atoms with van der Waals surface area (Å²) in [6, 6.07) is 14.0. The standard InChI is InChI=1S/C21H23N3O4/c1-14-4-6-15(7-5-14)12-22-18(25)13-24-19(26)21(2,23-20(24)27)16-8-10-17(28-3)11-9-16/h4-11H,12-13H2,1-3H3,(H,22,25)(H,23,27). The van der Waals surface area contributed by atoms with Crippen molar-refractivity contribution in [2.75, 3.05) is 13.7 Å². The number of methoxy groups -OCH3 is 1. The van der Waals surface area contributed by atoms with E-state index in [0.717, 1.165) is 16.0 Å². The van der Waals surface area contributed by atoms with Crippen molar-refractivity contribution in [3.8, 4) is 5.75 Å². The van der Waals surface area contributed by atoms with E-state index in [2.05, 4.69) is 10.6 Å². The average Bonchev–Trinajstić information content (AvgIpc) is 2.91. The van der Waals surface area contributed by atoms with Crippen molar-refractivity contribution in [3.05, 3.63) is 65.2 Å². The van der Waals surface area contributed by atoms with Crippen molar-refractivity contribution in [1.82, 2.24) is 15.5 Å². The SMILES string of the molecule is COc1ccc(C2(C)NC(=O)N(CC(=O)NCc3ccc(C)cc3)C2=O)cc1. The number of hydrogen-bond donors (Lipinski definition) is 2. The molecule has 1 fully saturated rings. The Hall–Kier alpha value is -3.35. The molecule has 7 nitrogen and oxygen atoms in total. The van der Waals surface area contributed by atoms with Gasteiger partial charge in [-0.2, -0.15) is 0 Å². The number of hydrogen-bond acceptors (Lipinski definition) is 4. The van der Waals surface area contributed by atoms with E-state index in [1.165, 1.54) is 0 Å². The molecular weight excluding hydrogens is 358 g/mol. The normalized spacial score (nSPS) is 18.8. The van der Waals surface area contributed by atoms with E-state index in [0.29, 0.717) is 17.9 Å². The van der Waals surface area contributed by atoms with Crippen LogP contribution in [0.5, 0.6) is 5.75 Å². The van der Waals surface area contributed by atoms with Gasteiger partial charge in [0.15, 0.2) is 0 Å². The molecule has 146 valence electrons. The van der Waals surface area contributed by atoms with Gasteiger partial charge in [0.1, 0.15) is 17.8 Å². The first kappa shape index (κ1) is 19.4. The van der Waals surface area contributed by atoms with Crippen LogP contribution < -0.4 is 15.4 Å². The van der Waals surface area contributed by atoms with E-state index in [4.69, 9.17) is 4.74 Å². The van der Waals surface area contributed by atoms with Crippen LogP contribution in [-0.2, 0) is 21.7 Å². The Balaban J connectivity index is 1.65. The number of imide groups is 1. The third kappa shape index (κ3) is 3.83. The van der Waals surface area contributed by atoms with Gasteiger partial charge in [-0.05, 0) is 37.1 Å². The van der Waals surface area contributed by atoms with Crippen LogP contribution in [0, 0.1) is 6.92 Å². The summed E-state index contributed by atoms with van der Waals surface area (Å²) in [6.07, 6.45) is 0. The van der Waals surface area contributed by atoms with Gasteiger partial charge in [0.2, 0.25) is 5.91 Å². The molecule has 0 saturated carbocycles. The first-order chi connectivity index (χ1) is 13.3. The molecule has 1 saturated heterocycles. The maximum Gasteiger partial charge on any atom is 0.325 e. The summed E-state index contributed by atoms with van der Waals surface area (Å²) in [6.45, 7) is 3.61. The summed E-state index contributed by atoms with van der Waals surface area (Å²) in [5.41, 5.74) is 1.47. The topological polar surface area (TPSA) is 87.7 Å². The van der Waals surface area contributed by atoms with Gasteiger partial charge in [0.25, 0.3) is 5.91 Å². The fraction of sp³-hybridized carbons (Fsp3) is 0.286. The summed E-state index contributed by atoms with van der Waals surface area (Å²) < 4.78 is 5.12. The van der Waals surface area contributed by atoms with Gasteiger partial charge in [-0.3, -0.25) is 14.5 Å². The molecule has 2 N–H and O–H groups in total. The van der Waals surface area contributed by atoms with Crippen LogP contribution in [0.4, 0.5) is 4.79 Å². The molecule has 1 atom stereocenters. The maximum absolute atomic E-state index is 12.9. The zero-order valence-corrected chi connectivity index (χ0v) is 16.1.